The normalized spacial score (nSPS) is 14.4. The van der Waals surface area contributed by atoms with Crippen molar-refractivity contribution in [2.75, 3.05) is 13.3 Å². The lowest BCUT2D eigenvalue weighted by molar-refractivity contribution is -0.168. The summed E-state index contributed by atoms with van der Waals surface area (Å²) in [5, 5.41) is 1.89. The second-order valence-corrected chi connectivity index (χ2v) is 5.38. The first-order chi connectivity index (χ1) is 9.22. The van der Waals surface area contributed by atoms with E-state index in [-0.39, 0.29) is 18.9 Å². The van der Waals surface area contributed by atoms with Gasteiger partial charge in [-0.2, -0.15) is 0 Å². The number of carbonyl (C=O) groups is 2. The lowest BCUT2D eigenvalue weighted by atomic mass is 10.2. The molecule has 0 bridgehead atoms. The fourth-order valence-corrected chi connectivity index (χ4v) is 1.36. The molecule has 0 aromatic rings. The van der Waals surface area contributed by atoms with E-state index in [1.807, 2.05) is 5.32 Å². The molecule has 0 saturated carbocycles. The maximum Gasteiger partial charge on any atom is 0.504 e. The molecule has 9 heteroatoms. The zero-order valence-corrected chi connectivity index (χ0v) is 12.8. The van der Waals surface area contributed by atoms with Gasteiger partial charge in [0.2, 0.25) is 6.29 Å². The molecule has 0 aliphatic heterocycles. The van der Waals surface area contributed by atoms with Crippen LogP contribution in [0.15, 0.2) is 0 Å². The summed E-state index contributed by atoms with van der Waals surface area (Å²) in [6, 6.07) is 0. The number of ether oxygens (including phenoxy) is 2. The van der Waals surface area contributed by atoms with Gasteiger partial charge in [-0.25, -0.2) is 9.18 Å². The highest BCUT2D eigenvalue weighted by Crippen LogP contribution is 2.15. The Balaban J connectivity index is 3.91. The van der Waals surface area contributed by atoms with Crippen LogP contribution in [0.2, 0.25) is 0 Å². The predicted molar refractivity (Wildman–Crippen MR) is 69.0 cm³/mol. The Morgan fingerprint density at radius 2 is 1.85 bits per heavy atom. The molecule has 20 heavy (non-hydrogen) atoms. The molecule has 0 aliphatic carbocycles. The molecule has 3 atom stereocenters. The smallest absolute Gasteiger partial charge is 0.425 e. The van der Waals surface area contributed by atoms with Crippen LogP contribution >= 0.6 is 8.03 Å². The van der Waals surface area contributed by atoms with E-state index in [0.29, 0.717) is 0 Å². The van der Waals surface area contributed by atoms with E-state index in [0.717, 1.165) is 0 Å². The summed E-state index contributed by atoms with van der Waals surface area (Å²) in [6.45, 7) is 5.86. The Morgan fingerprint density at radius 3 is 2.35 bits per heavy atom. The third-order valence-corrected chi connectivity index (χ3v) is 2.49. The highest BCUT2D eigenvalue weighted by Gasteiger charge is 2.19. The number of rotatable bonds is 8. The van der Waals surface area contributed by atoms with Crippen molar-refractivity contribution < 1.29 is 32.5 Å². The monoisotopic (exact) mass is 312 g/mol. The molecule has 0 heterocycles. The second kappa shape index (κ2) is 9.61. The Hall–Kier alpha value is -1.27. The van der Waals surface area contributed by atoms with E-state index in [2.05, 4.69) is 9.26 Å². The first-order valence-corrected chi connectivity index (χ1v) is 7.70. The zero-order valence-electron chi connectivity index (χ0n) is 11.9. The van der Waals surface area contributed by atoms with Gasteiger partial charge in [0, 0.05) is 13.3 Å². The summed E-state index contributed by atoms with van der Waals surface area (Å²) in [5.74, 6) is -0.881. The van der Waals surface area contributed by atoms with Gasteiger partial charge in [-0.3, -0.25) is 10.1 Å². The van der Waals surface area contributed by atoms with Crippen LogP contribution in [0.1, 0.15) is 27.2 Å². The first kappa shape index (κ1) is 18.7. The Labute approximate surface area is 118 Å². The number of halogens is 1. The van der Waals surface area contributed by atoms with Crippen molar-refractivity contribution in [2.24, 2.45) is 5.92 Å². The van der Waals surface area contributed by atoms with Crippen molar-refractivity contribution in [3.05, 3.63) is 0 Å². The molecule has 7 nitrogen and oxygen atoms in total. The summed E-state index contributed by atoms with van der Waals surface area (Å²) >= 11 is 0. The minimum absolute atomic E-state index is 0.0922. The summed E-state index contributed by atoms with van der Waals surface area (Å²) in [5.41, 5.74) is 0. The topological polar surface area (TPSA) is 90.9 Å². The van der Waals surface area contributed by atoms with Gasteiger partial charge in [0.1, 0.15) is 6.61 Å². The van der Waals surface area contributed by atoms with Gasteiger partial charge in [0.25, 0.3) is 0 Å². The van der Waals surface area contributed by atoms with Crippen molar-refractivity contribution in [3.8, 4) is 0 Å². The maximum absolute atomic E-state index is 13.3. The van der Waals surface area contributed by atoms with E-state index in [4.69, 9.17) is 4.74 Å². The van der Waals surface area contributed by atoms with Gasteiger partial charge >= 0.3 is 20.1 Å². The fourth-order valence-electron chi connectivity index (χ4n) is 0.993. The quantitative estimate of drug-likeness (QED) is 0.320. The van der Waals surface area contributed by atoms with Crippen LogP contribution in [-0.2, 0) is 23.4 Å². The van der Waals surface area contributed by atoms with E-state index in [1.165, 1.54) is 13.6 Å². The van der Waals surface area contributed by atoms with Gasteiger partial charge in [0.05, 0.1) is 5.92 Å². The molecule has 3 unspecified atom stereocenters. The molecule has 0 fully saturated rings. The molecule has 0 saturated heterocycles. The molecule has 1 N–H and O–H groups in total. The van der Waals surface area contributed by atoms with Crippen molar-refractivity contribution in [3.63, 3.8) is 0 Å². The molecule has 0 spiro atoms. The van der Waals surface area contributed by atoms with Gasteiger partial charge in [-0.05, 0) is 4.57 Å². The number of nitrogens with one attached hydrogen (secondary N) is 1. The standard InChI is InChI=1S/C11H19FNO6P/c1-7(2)10(14)18-8(3)19-11(15)13-9(12)5-6-17-20(4)16/h7-9H,5-6H2,1-4H3/p+1. The van der Waals surface area contributed by atoms with Crippen LogP contribution in [0.4, 0.5) is 9.18 Å². The predicted octanol–water partition coefficient (Wildman–Crippen LogP) is 2.33. The zero-order chi connectivity index (χ0) is 15.7. The number of alkyl carbamates (subject to hydrolysis) is 1. The lowest BCUT2D eigenvalue weighted by Crippen LogP contribution is -2.36. The molecular formula is C11H20FNO6P+. The molecule has 0 aliphatic rings. The van der Waals surface area contributed by atoms with E-state index < -0.39 is 32.7 Å². The summed E-state index contributed by atoms with van der Waals surface area (Å²) < 4.78 is 37.9. The molecule has 0 radical (unpaired) electrons. The van der Waals surface area contributed by atoms with Crippen molar-refractivity contribution in [2.45, 2.75) is 39.8 Å². The van der Waals surface area contributed by atoms with E-state index in [1.54, 1.807) is 13.8 Å². The summed E-state index contributed by atoms with van der Waals surface area (Å²) in [6.07, 6.45) is -4.03. The molecule has 1 amide bonds. The SMILES string of the molecule is CC(OC(=O)NC(F)CCO[P+](C)=O)OC(=O)C(C)C. The first-order valence-electron chi connectivity index (χ1n) is 6.07. The minimum atomic E-state index is -1.80. The van der Waals surface area contributed by atoms with Crippen molar-refractivity contribution >= 4 is 20.1 Å². The van der Waals surface area contributed by atoms with Crippen LogP contribution < -0.4 is 5.32 Å². The van der Waals surface area contributed by atoms with Crippen LogP contribution in [0.5, 0.6) is 0 Å². The summed E-state index contributed by atoms with van der Waals surface area (Å²) in [7, 11) is -1.80. The number of hydrogen-bond donors (Lipinski definition) is 1. The van der Waals surface area contributed by atoms with Crippen molar-refractivity contribution in [1.82, 2.24) is 5.32 Å². The van der Waals surface area contributed by atoms with Crippen LogP contribution in [-0.4, -0.2) is 37.9 Å². The third kappa shape index (κ3) is 9.63. The molecule has 0 aromatic carbocycles. The number of alkyl halides is 1. The molecular weight excluding hydrogens is 292 g/mol. The Bertz CT molecular complexity index is 352. The van der Waals surface area contributed by atoms with E-state index in [9.17, 15) is 18.5 Å². The second-order valence-electron chi connectivity index (χ2n) is 4.24. The molecule has 116 valence electrons. The largest absolute Gasteiger partial charge is 0.504 e. The van der Waals surface area contributed by atoms with Gasteiger partial charge in [0.15, 0.2) is 13.0 Å². The number of carbonyl (C=O) groups excluding carboxylic acids is 2. The highest BCUT2D eigenvalue weighted by molar-refractivity contribution is 7.38. The van der Waals surface area contributed by atoms with Crippen LogP contribution in [0.25, 0.3) is 0 Å². The molecule has 0 rings (SSSR count). The average molecular weight is 312 g/mol. The highest BCUT2D eigenvalue weighted by atomic mass is 31.1. The summed E-state index contributed by atoms with van der Waals surface area (Å²) in [4.78, 5) is 22.5. The number of amides is 1. The van der Waals surface area contributed by atoms with Crippen LogP contribution in [0.3, 0.4) is 0 Å². The van der Waals surface area contributed by atoms with E-state index >= 15 is 0 Å². The Kier molecular flexibility index (Phi) is 9.00. The van der Waals surface area contributed by atoms with Gasteiger partial charge in [-0.15, -0.1) is 4.52 Å². The van der Waals surface area contributed by atoms with Gasteiger partial charge in [-0.1, -0.05) is 13.8 Å². The molecule has 0 aromatic heterocycles. The third-order valence-electron chi connectivity index (χ3n) is 1.95. The number of esters is 1. The average Bonchev–Trinajstić information content (AvgIpc) is 2.27. The maximum atomic E-state index is 13.3. The Morgan fingerprint density at radius 1 is 1.25 bits per heavy atom. The minimum Gasteiger partial charge on any atom is -0.425 e. The number of hydrogen-bond acceptors (Lipinski definition) is 6. The van der Waals surface area contributed by atoms with Gasteiger partial charge < -0.3 is 9.47 Å². The van der Waals surface area contributed by atoms with Crippen molar-refractivity contribution in [1.29, 1.82) is 0 Å². The fraction of sp³-hybridized carbons (Fsp3) is 0.818. The lowest BCUT2D eigenvalue weighted by Gasteiger charge is -2.16. The van der Waals surface area contributed by atoms with Crippen LogP contribution in [0, 0.1) is 5.92 Å².